The number of nitrogens with zero attached hydrogens (tertiary/aromatic N) is 1. The lowest BCUT2D eigenvalue weighted by Gasteiger charge is -2.31. The molecular formula is C18H22ClFN2OS. The number of anilines is 1. The van der Waals surface area contributed by atoms with E-state index in [4.69, 9.17) is 28.2 Å². The van der Waals surface area contributed by atoms with Crippen LogP contribution in [-0.4, -0.2) is 16.6 Å². The molecule has 0 bridgehead atoms. The normalized spacial score (nSPS) is 12.2. The Morgan fingerprint density at radius 2 is 2.08 bits per heavy atom. The van der Waals surface area contributed by atoms with Crippen LogP contribution in [0, 0.1) is 11.7 Å². The molecule has 0 aliphatic rings. The number of hydrogen-bond donors (Lipinski definition) is 1. The maximum atomic E-state index is 13.3. The standard InChI is InChI=1S/C18H22ClFN2OS/c1-12(2)8-9-22(13(3)17-5-4-10-23-17)18(24)21-14-6-7-16(20)15(19)11-14/h4-7,10-13H,8-9H2,1-3H3,(H,21,24). The molecule has 130 valence electrons. The van der Waals surface area contributed by atoms with Gasteiger partial charge in [-0.25, -0.2) is 4.39 Å². The summed E-state index contributed by atoms with van der Waals surface area (Å²) in [6.07, 6.45) is 2.65. The van der Waals surface area contributed by atoms with Crippen molar-refractivity contribution in [3.63, 3.8) is 0 Å². The number of rotatable bonds is 6. The topological polar surface area (TPSA) is 28.4 Å². The molecule has 1 N–H and O–H groups in total. The smallest absolute Gasteiger partial charge is 0.174 e. The monoisotopic (exact) mass is 368 g/mol. The highest BCUT2D eigenvalue weighted by Gasteiger charge is 2.21. The SMILES string of the molecule is CC(C)CCN(C(=S)Nc1ccc(F)c(Cl)c1)C(C)c1ccco1. The molecule has 1 heterocycles. The van der Waals surface area contributed by atoms with Crippen molar-refractivity contribution < 1.29 is 8.81 Å². The van der Waals surface area contributed by atoms with Crippen LogP contribution in [0.15, 0.2) is 41.0 Å². The van der Waals surface area contributed by atoms with Gasteiger partial charge in [0.05, 0.1) is 17.3 Å². The van der Waals surface area contributed by atoms with Crippen molar-refractivity contribution in [2.75, 3.05) is 11.9 Å². The Morgan fingerprint density at radius 1 is 1.33 bits per heavy atom. The third-order valence-corrected chi connectivity index (χ3v) is 4.43. The second kappa shape index (κ2) is 8.49. The van der Waals surface area contributed by atoms with E-state index in [0.717, 1.165) is 18.7 Å². The number of halogens is 2. The summed E-state index contributed by atoms with van der Waals surface area (Å²) in [5.41, 5.74) is 0.660. The van der Waals surface area contributed by atoms with Crippen LogP contribution in [0.2, 0.25) is 5.02 Å². The molecule has 0 saturated carbocycles. The van der Waals surface area contributed by atoms with Crippen LogP contribution in [0.25, 0.3) is 0 Å². The average molecular weight is 369 g/mol. The summed E-state index contributed by atoms with van der Waals surface area (Å²) >= 11 is 11.4. The molecule has 2 rings (SSSR count). The second-order valence-electron chi connectivity index (χ2n) is 6.13. The van der Waals surface area contributed by atoms with Crippen molar-refractivity contribution in [2.45, 2.75) is 33.2 Å². The summed E-state index contributed by atoms with van der Waals surface area (Å²) in [5.74, 6) is 0.952. The summed E-state index contributed by atoms with van der Waals surface area (Å²) < 4.78 is 18.8. The van der Waals surface area contributed by atoms with Crippen LogP contribution in [0.4, 0.5) is 10.1 Å². The van der Waals surface area contributed by atoms with Gasteiger partial charge in [-0.2, -0.15) is 0 Å². The lowest BCUT2D eigenvalue weighted by molar-refractivity contribution is 0.281. The van der Waals surface area contributed by atoms with E-state index in [1.54, 1.807) is 12.3 Å². The van der Waals surface area contributed by atoms with Gasteiger partial charge in [-0.15, -0.1) is 0 Å². The Hall–Kier alpha value is -1.59. The Labute approximate surface area is 152 Å². The minimum atomic E-state index is -0.450. The fourth-order valence-electron chi connectivity index (χ4n) is 2.32. The lowest BCUT2D eigenvalue weighted by Crippen LogP contribution is -2.38. The van der Waals surface area contributed by atoms with Crippen molar-refractivity contribution in [1.29, 1.82) is 0 Å². The lowest BCUT2D eigenvalue weighted by atomic mass is 10.1. The molecule has 1 aromatic heterocycles. The third-order valence-electron chi connectivity index (χ3n) is 3.80. The van der Waals surface area contributed by atoms with Gasteiger partial charge in [0, 0.05) is 12.2 Å². The van der Waals surface area contributed by atoms with Crippen LogP contribution in [0.3, 0.4) is 0 Å². The zero-order valence-electron chi connectivity index (χ0n) is 14.1. The van der Waals surface area contributed by atoms with Crippen LogP contribution in [-0.2, 0) is 0 Å². The Kier molecular flexibility index (Phi) is 6.63. The zero-order valence-corrected chi connectivity index (χ0v) is 15.6. The molecule has 0 spiro atoms. The van der Waals surface area contributed by atoms with E-state index < -0.39 is 5.82 Å². The van der Waals surface area contributed by atoms with E-state index in [-0.39, 0.29) is 11.1 Å². The van der Waals surface area contributed by atoms with E-state index in [9.17, 15) is 4.39 Å². The van der Waals surface area contributed by atoms with Crippen LogP contribution >= 0.6 is 23.8 Å². The second-order valence-corrected chi connectivity index (χ2v) is 6.92. The molecule has 6 heteroatoms. The predicted molar refractivity (Wildman–Crippen MR) is 101 cm³/mol. The summed E-state index contributed by atoms with van der Waals surface area (Å²) in [5, 5.41) is 3.76. The first-order valence-corrected chi connectivity index (χ1v) is 8.73. The molecule has 0 aliphatic carbocycles. The molecule has 1 unspecified atom stereocenters. The fraction of sp³-hybridized carbons (Fsp3) is 0.389. The van der Waals surface area contributed by atoms with E-state index in [0.29, 0.717) is 16.7 Å². The van der Waals surface area contributed by atoms with Gasteiger partial charge in [-0.3, -0.25) is 0 Å². The third kappa shape index (κ3) is 4.95. The quantitative estimate of drug-likeness (QED) is 0.644. The first kappa shape index (κ1) is 18.7. The Bertz CT molecular complexity index is 676. The van der Waals surface area contributed by atoms with Crippen LogP contribution < -0.4 is 5.32 Å². The number of hydrogen-bond acceptors (Lipinski definition) is 2. The Morgan fingerprint density at radius 3 is 2.67 bits per heavy atom. The zero-order chi connectivity index (χ0) is 17.7. The molecule has 24 heavy (non-hydrogen) atoms. The van der Waals surface area contributed by atoms with E-state index in [1.165, 1.54) is 12.1 Å². The average Bonchev–Trinajstić information content (AvgIpc) is 3.05. The number of thiocarbonyl (C=S) groups is 1. The summed E-state index contributed by atoms with van der Waals surface area (Å²) in [7, 11) is 0. The van der Waals surface area contributed by atoms with Gasteiger partial charge < -0.3 is 14.6 Å². The first-order chi connectivity index (χ1) is 11.4. The van der Waals surface area contributed by atoms with Crippen molar-refractivity contribution in [1.82, 2.24) is 4.90 Å². The molecule has 0 radical (unpaired) electrons. The highest BCUT2D eigenvalue weighted by molar-refractivity contribution is 7.80. The van der Waals surface area contributed by atoms with Gasteiger partial charge in [0.15, 0.2) is 5.11 Å². The number of furan rings is 1. The minimum Gasteiger partial charge on any atom is -0.467 e. The molecule has 0 fully saturated rings. The van der Waals surface area contributed by atoms with Gasteiger partial charge in [0.25, 0.3) is 0 Å². The molecule has 0 aliphatic heterocycles. The maximum Gasteiger partial charge on any atom is 0.174 e. The predicted octanol–water partition coefficient (Wildman–Crippen LogP) is 5.88. The summed E-state index contributed by atoms with van der Waals surface area (Å²) in [4.78, 5) is 2.07. The van der Waals surface area contributed by atoms with Crippen LogP contribution in [0.1, 0.15) is 39.0 Å². The molecule has 2 aromatic rings. The fourth-order valence-corrected chi connectivity index (χ4v) is 2.87. The molecule has 0 saturated heterocycles. The minimum absolute atomic E-state index is 0.00493. The highest BCUT2D eigenvalue weighted by Crippen LogP contribution is 2.24. The number of nitrogens with one attached hydrogen (secondary N) is 1. The Balaban J connectivity index is 2.15. The van der Waals surface area contributed by atoms with Crippen molar-refractivity contribution in [3.8, 4) is 0 Å². The van der Waals surface area contributed by atoms with Gasteiger partial charge in [-0.1, -0.05) is 25.4 Å². The van der Waals surface area contributed by atoms with Crippen molar-refractivity contribution in [2.24, 2.45) is 5.92 Å². The molecule has 1 atom stereocenters. The van der Waals surface area contributed by atoms with Crippen LogP contribution in [0.5, 0.6) is 0 Å². The molecular weight excluding hydrogens is 347 g/mol. The van der Waals surface area contributed by atoms with Crippen molar-refractivity contribution >= 4 is 34.6 Å². The largest absolute Gasteiger partial charge is 0.467 e. The molecule has 1 aromatic carbocycles. The number of benzene rings is 1. The van der Waals surface area contributed by atoms with E-state index in [1.807, 2.05) is 19.1 Å². The van der Waals surface area contributed by atoms with E-state index >= 15 is 0 Å². The van der Waals surface area contributed by atoms with Gasteiger partial charge in [0.1, 0.15) is 11.6 Å². The maximum absolute atomic E-state index is 13.3. The first-order valence-electron chi connectivity index (χ1n) is 7.94. The highest BCUT2D eigenvalue weighted by atomic mass is 35.5. The van der Waals surface area contributed by atoms with Gasteiger partial charge in [-0.05, 0) is 61.8 Å². The van der Waals surface area contributed by atoms with E-state index in [2.05, 4.69) is 24.1 Å². The summed E-state index contributed by atoms with van der Waals surface area (Å²) in [6.45, 7) is 7.18. The van der Waals surface area contributed by atoms with Gasteiger partial charge in [0.2, 0.25) is 0 Å². The summed E-state index contributed by atoms with van der Waals surface area (Å²) in [6, 6.07) is 8.26. The molecule has 3 nitrogen and oxygen atoms in total. The van der Waals surface area contributed by atoms with Crippen molar-refractivity contribution in [3.05, 3.63) is 53.2 Å². The van der Waals surface area contributed by atoms with Gasteiger partial charge >= 0.3 is 0 Å². The molecule has 0 amide bonds.